The molecular formula is C26H29N3O4S. The maximum absolute atomic E-state index is 13.4. The van der Waals surface area contributed by atoms with Gasteiger partial charge in [0.1, 0.15) is 11.3 Å². The number of rotatable bonds is 9. The van der Waals surface area contributed by atoms with Crippen LogP contribution in [0.4, 0.5) is 4.79 Å². The van der Waals surface area contributed by atoms with Gasteiger partial charge in [0.2, 0.25) is 0 Å². The molecule has 3 heterocycles. The summed E-state index contributed by atoms with van der Waals surface area (Å²) < 4.78 is 7.32. The lowest BCUT2D eigenvalue weighted by Gasteiger charge is -2.26. The van der Waals surface area contributed by atoms with Crippen LogP contribution in [0.3, 0.4) is 0 Å². The van der Waals surface area contributed by atoms with Crippen molar-refractivity contribution >= 4 is 29.1 Å². The van der Waals surface area contributed by atoms with Crippen molar-refractivity contribution in [1.82, 2.24) is 14.8 Å². The number of nitrogens with one attached hydrogen (secondary N) is 1. The monoisotopic (exact) mass is 479 g/mol. The van der Waals surface area contributed by atoms with Gasteiger partial charge in [0, 0.05) is 28.4 Å². The number of ketones is 1. The number of ether oxygens (including phenoxy) is 1. The van der Waals surface area contributed by atoms with Crippen LogP contribution in [0.2, 0.25) is 0 Å². The van der Waals surface area contributed by atoms with Gasteiger partial charge in [0.15, 0.2) is 5.78 Å². The summed E-state index contributed by atoms with van der Waals surface area (Å²) in [5.74, 6) is -0.00104. The van der Waals surface area contributed by atoms with Crippen molar-refractivity contribution in [3.63, 3.8) is 0 Å². The van der Waals surface area contributed by atoms with E-state index < -0.39 is 17.5 Å². The zero-order valence-corrected chi connectivity index (χ0v) is 20.7. The quantitative estimate of drug-likeness (QED) is 0.363. The SMILES string of the molecule is CC[C@@]1(c2ccc(OC)cc2)NC(=O)N(CC(=O)c2cc(C)n(CCc3cccs3)c2C)C1=O. The average molecular weight is 480 g/mol. The summed E-state index contributed by atoms with van der Waals surface area (Å²) in [7, 11) is 1.57. The summed E-state index contributed by atoms with van der Waals surface area (Å²) >= 11 is 1.71. The van der Waals surface area contributed by atoms with Gasteiger partial charge in [-0.05, 0) is 61.9 Å². The third-order valence-electron chi connectivity index (χ3n) is 6.63. The number of carbonyl (C=O) groups is 3. The molecule has 0 bridgehead atoms. The van der Waals surface area contributed by atoms with E-state index in [0.29, 0.717) is 23.3 Å². The third kappa shape index (κ3) is 4.14. The van der Waals surface area contributed by atoms with E-state index in [-0.39, 0.29) is 12.3 Å². The number of Topliss-reactive ketones (excluding diaryl/α,β-unsaturated/α-hetero) is 1. The smallest absolute Gasteiger partial charge is 0.325 e. The molecule has 7 nitrogen and oxygen atoms in total. The lowest BCUT2D eigenvalue weighted by molar-refractivity contribution is -0.131. The molecule has 0 saturated carbocycles. The molecule has 4 rings (SSSR count). The van der Waals surface area contributed by atoms with Crippen LogP contribution in [0.1, 0.15) is 45.5 Å². The molecule has 2 aromatic heterocycles. The van der Waals surface area contributed by atoms with Crippen LogP contribution in [0, 0.1) is 13.8 Å². The lowest BCUT2D eigenvalue weighted by Crippen LogP contribution is -2.43. The molecule has 1 atom stereocenters. The van der Waals surface area contributed by atoms with Gasteiger partial charge in [0.05, 0.1) is 13.7 Å². The second-order valence-corrected chi connectivity index (χ2v) is 9.53. The van der Waals surface area contributed by atoms with Gasteiger partial charge in [-0.25, -0.2) is 4.79 Å². The number of thiophene rings is 1. The molecule has 8 heteroatoms. The fourth-order valence-corrected chi connectivity index (χ4v) is 5.32. The molecule has 178 valence electrons. The fraction of sp³-hybridized carbons (Fsp3) is 0.346. The second-order valence-electron chi connectivity index (χ2n) is 8.50. The first-order valence-corrected chi connectivity index (χ1v) is 12.2. The van der Waals surface area contributed by atoms with Crippen LogP contribution in [0.15, 0.2) is 47.8 Å². The van der Waals surface area contributed by atoms with Crippen molar-refractivity contribution in [2.75, 3.05) is 13.7 Å². The number of amides is 3. The highest BCUT2D eigenvalue weighted by Crippen LogP contribution is 2.33. The number of carbonyl (C=O) groups excluding carboxylic acids is 3. The molecule has 1 fully saturated rings. The van der Waals surface area contributed by atoms with Crippen molar-refractivity contribution in [2.45, 2.75) is 45.7 Å². The lowest BCUT2D eigenvalue weighted by atomic mass is 9.87. The Morgan fingerprint density at radius 1 is 1.15 bits per heavy atom. The Bertz CT molecular complexity index is 1210. The minimum absolute atomic E-state index is 0.249. The largest absolute Gasteiger partial charge is 0.497 e. The Kier molecular flexibility index (Phi) is 6.61. The number of benzene rings is 1. The van der Waals surface area contributed by atoms with Crippen LogP contribution in [-0.4, -0.2) is 40.8 Å². The molecule has 1 aliphatic rings. The molecule has 0 unspecified atom stereocenters. The van der Waals surface area contributed by atoms with E-state index in [1.54, 1.807) is 42.7 Å². The van der Waals surface area contributed by atoms with Crippen LogP contribution in [0.25, 0.3) is 0 Å². The molecule has 1 aliphatic heterocycles. The molecule has 34 heavy (non-hydrogen) atoms. The first-order valence-electron chi connectivity index (χ1n) is 11.3. The second kappa shape index (κ2) is 9.46. The first-order chi connectivity index (χ1) is 16.3. The maximum Gasteiger partial charge on any atom is 0.325 e. The summed E-state index contributed by atoms with van der Waals surface area (Å²) in [4.78, 5) is 41.8. The number of imide groups is 1. The van der Waals surface area contributed by atoms with E-state index in [4.69, 9.17) is 4.74 Å². The third-order valence-corrected chi connectivity index (χ3v) is 7.56. The van der Waals surface area contributed by atoms with Crippen LogP contribution >= 0.6 is 11.3 Å². The molecule has 0 spiro atoms. The van der Waals surface area contributed by atoms with E-state index in [1.807, 2.05) is 32.9 Å². The predicted molar refractivity (Wildman–Crippen MR) is 131 cm³/mol. The Balaban J connectivity index is 1.53. The molecule has 1 aromatic carbocycles. The topological polar surface area (TPSA) is 80.6 Å². The number of urea groups is 1. The molecular weight excluding hydrogens is 450 g/mol. The number of nitrogens with zero attached hydrogens (tertiary/aromatic N) is 2. The Labute approximate surface area is 203 Å². The molecule has 3 amide bonds. The van der Waals surface area contributed by atoms with E-state index >= 15 is 0 Å². The number of aromatic nitrogens is 1. The minimum atomic E-state index is -1.19. The van der Waals surface area contributed by atoms with Crippen LogP contribution < -0.4 is 10.1 Å². The molecule has 0 aliphatic carbocycles. The Morgan fingerprint density at radius 3 is 2.50 bits per heavy atom. The minimum Gasteiger partial charge on any atom is -0.497 e. The van der Waals surface area contributed by atoms with Gasteiger partial charge in [-0.2, -0.15) is 0 Å². The predicted octanol–water partition coefficient (Wildman–Crippen LogP) is 4.46. The van der Waals surface area contributed by atoms with Gasteiger partial charge in [-0.1, -0.05) is 25.1 Å². The highest BCUT2D eigenvalue weighted by molar-refractivity contribution is 7.09. The molecule has 1 saturated heterocycles. The summed E-state index contributed by atoms with van der Waals surface area (Å²) in [6.45, 7) is 6.20. The summed E-state index contributed by atoms with van der Waals surface area (Å²) in [5, 5.41) is 4.89. The zero-order valence-electron chi connectivity index (χ0n) is 19.9. The van der Waals surface area contributed by atoms with Crippen molar-refractivity contribution in [1.29, 1.82) is 0 Å². The zero-order chi connectivity index (χ0) is 24.5. The highest BCUT2D eigenvalue weighted by atomic mass is 32.1. The van der Waals surface area contributed by atoms with Gasteiger partial charge >= 0.3 is 6.03 Å². The molecule has 0 radical (unpaired) electrons. The summed E-state index contributed by atoms with van der Waals surface area (Å²) in [5.41, 5.74) is 1.85. The van der Waals surface area contributed by atoms with Gasteiger partial charge < -0.3 is 14.6 Å². The van der Waals surface area contributed by atoms with E-state index in [2.05, 4.69) is 21.3 Å². The van der Waals surface area contributed by atoms with Crippen LogP contribution in [0.5, 0.6) is 5.75 Å². The maximum atomic E-state index is 13.4. The van der Waals surface area contributed by atoms with Crippen molar-refractivity contribution in [2.24, 2.45) is 0 Å². The first kappa shape index (κ1) is 23.8. The van der Waals surface area contributed by atoms with Gasteiger partial charge in [-0.15, -0.1) is 11.3 Å². The van der Waals surface area contributed by atoms with E-state index in [9.17, 15) is 14.4 Å². The van der Waals surface area contributed by atoms with E-state index in [0.717, 1.165) is 29.3 Å². The molecule has 1 N–H and O–H groups in total. The Hall–Kier alpha value is -3.39. The van der Waals surface area contributed by atoms with Gasteiger partial charge in [-0.3, -0.25) is 14.5 Å². The van der Waals surface area contributed by atoms with Crippen molar-refractivity contribution < 1.29 is 19.1 Å². The average Bonchev–Trinajstić information content (AvgIpc) is 3.52. The highest BCUT2D eigenvalue weighted by Gasteiger charge is 2.51. The molecule has 3 aromatic rings. The number of hydrogen-bond donors (Lipinski definition) is 1. The number of methoxy groups -OCH3 is 1. The van der Waals surface area contributed by atoms with Crippen molar-refractivity contribution in [3.05, 3.63) is 75.2 Å². The van der Waals surface area contributed by atoms with Crippen LogP contribution in [-0.2, 0) is 23.3 Å². The summed E-state index contributed by atoms with van der Waals surface area (Å²) in [6.07, 6.45) is 1.25. The number of hydrogen-bond acceptors (Lipinski definition) is 5. The van der Waals surface area contributed by atoms with Crippen molar-refractivity contribution in [3.8, 4) is 5.75 Å². The normalized spacial score (nSPS) is 17.8. The standard InChI is InChI=1S/C26H29N3O4S/c1-5-26(19-8-10-20(33-4)11-9-19)24(31)29(25(32)27-26)16-23(30)22-15-17(2)28(18(22)3)13-12-21-7-6-14-34-21/h6-11,14-15H,5,12-13,16H2,1-4H3,(H,27,32)/t26-/m0/s1. The summed E-state index contributed by atoms with van der Waals surface area (Å²) in [6, 6.07) is 12.5. The fourth-order valence-electron chi connectivity index (χ4n) is 4.62. The number of aryl methyl sites for hydroxylation is 2. The van der Waals surface area contributed by atoms with E-state index in [1.165, 1.54) is 4.88 Å². The van der Waals surface area contributed by atoms with Gasteiger partial charge in [0.25, 0.3) is 5.91 Å². The Morgan fingerprint density at radius 2 is 1.88 bits per heavy atom.